The summed E-state index contributed by atoms with van der Waals surface area (Å²) in [4.78, 5) is 4.28. The van der Waals surface area contributed by atoms with Crippen molar-refractivity contribution in [2.24, 2.45) is 0 Å². The number of rotatable bonds is 5. The van der Waals surface area contributed by atoms with E-state index in [9.17, 15) is 4.39 Å². The quantitative estimate of drug-likeness (QED) is 0.900. The Kier molecular flexibility index (Phi) is 4.27. The SMILES string of the molecule is CCC(C)NCc1nc(-c2cc(F)ccc2C)no1. The maximum Gasteiger partial charge on any atom is 0.240 e. The Labute approximate surface area is 112 Å². The van der Waals surface area contributed by atoms with Crippen LogP contribution in [0.1, 0.15) is 31.7 Å². The molecule has 5 heteroatoms. The summed E-state index contributed by atoms with van der Waals surface area (Å²) in [5.74, 6) is 0.640. The molecule has 0 amide bonds. The van der Waals surface area contributed by atoms with Gasteiger partial charge in [0.15, 0.2) is 0 Å². The van der Waals surface area contributed by atoms with Crippen molar-refractivity contribution in [1.82, 2.24) is 15.5 Å². The molecule has 0 aliphatic heterocycles. The van der Waals surface area contributed by atoms with Gasteiger partial charge in [-0.2, -0.15) is 4.98 Å². The van der Waals surface area contributed by atoms with Gasteiger partial charge in [-0.25, -0.2) is 4.39 Å². The van der Waals surface area contributed by atoms with E-state index in [0.717, 1.165) is 12.0 Å². The van der Waals surface area contributed by atoms with Gasteiger partial charge in [-0.3, -0.25) is 0 Å². The molecule has 0 bridgehead atoms. The molecule has 0 saturated carbocycles. The van der Waals surface area contributed by atoms with Crippen molar-refractivity contribution in [1.29, 1.82) is 0 Å². The molecule has 0 radical (unpaired) electrons. The normalized spacial score (nSPS) is 12.6. The Hall–Kier alpha value is -1.75. The lowest BCUT2D eigenvalue weighted by Gasteiger charge is -2.07. The van der Waals surface area contributed by atoms with Gasteiger partial charge in [-0.15, -0.1) is 0 Å². The molecule has 1 N–H and O–H groups in total. The van der Waals surface area contributed by atoms with Crippen molar-refractivity contribution in [2.45, 2.75) is 39.8 Å². The van der Waals surface area contributed by atoms with Crippen LogP contribution in [0.25, 0.3) is 11.4 Å². The number of nitrogens with one attached hydrogen (secondary N) is 1. The number of nitrogens with zero attached hydrogens (tertiary/aromatic N) is 2. The molecule has 1 heterocycles. The van der Waals surface area contributed by atoms with Crippen LogP contribution >= 0.6 is 0 Å². The van der Waals surface area contributed by atoms with Gasteiger partial charge in [-0.1, -0.05) is 18.1 Å². The molecule has 0 saturated heterocycles. The molecule has 1 aromatic carbocycles. The lowest BCUT2D eigenvalue weighted by atomic mass is 10.1. The maximum absolute atomic E-state index is 13.2. The lowest BCUT2D eigenvalue weighted by Crippen LogP contribution is -2.24. The van der Waals surface area contributed by atoms with E-state index >= 15 is 0 Å². The minimum Gasteiger partial charge on any atom is -0.338 e. The molecule has 2 rings (SSSR count). The molecular formula is C14H18FN3O. The van der Waals surface area contributed by atoms with Gasteiger partial charge in [0.1, 0.15) is 5.82 Å². The van der Waals surface area contributed by atoms with Crippen LogP contribution in [0.4, 0.5) is 4.39 Å². The number of aromatic nitrogens is 2. The maximum atomic E-state index is 13.2. The summed E-state index contributed by atoms with van der Waals surface area (Å²) in [6.45, 7) is 6.61. The van der Waals surface area contributed by atoms with Crippen LogP contribution in [-0.4, -0.2) is 16.2 Å². The van der Waals surface area contributed by atoms with E-state index in [-0.39, 0.29) is 5.82 Å². The van der Waals surface area contributed by atoms with Crippen LogP contribution in [0.2, 0.25) is 0 Å². The highest BCUT2D eigenvalue weighted by molar-refractivity contribution is 5.59. The fourth-order valence-electron chi connectivity index (χ4n) is 1.68. The van der Waals surface area contributed by atoms with Gasteiger partial charge in [-0.05, 0) is 38.0 Å². The van der Waals surface area contributed by atoms with Crippen molar-refractivity contribution in [3.05, 3.63) is 35.5 Å². The molecule has 2 aromatic rings. The van der Waals surface area contributed by atoms with E-state index in [1.54, 1.807) is 6.07 Å². The molecule has 102 valence electrons. The molecule has 0 aliphatic rings. The molecule has 19 heavy (non-hydrogen) atoms. The number of aryl methyl sites for hydroxylation is 1. The van der Waals surface area contributed by atoms with E-state index < -0.39 is 0 Å². The summed E-state index contributed by atoms with van der Waals surface area (Å²) >= 11 is 0. The van der Waals surface area contributed by atoms with Crippen LogP contribution in [0, 0.1) is 12.7 Å². The van der Waals surface area contributed by atoms with Crippen LogP contribution in [0.5, 0.6) is 0 Å². The van der Waals surface area contributed by atoms with Gasteiger partial charge in [0.05, 0.1) is 6.54 Å². The minimum absolute atomic E-state index is 0.301. The zero-order valence-electron chi connectivity index (χ0n) is 11.4. The van der Waals surface area contributed by atoms with Gasteiger partial charge in [0, 0.05) is 11.6 Å². The predicted molar refractivity (Wildman–Crippen MR) is 71.0 cm³/mol. The number of halogens is 1. The van der Waals surface area contributed by atoms with Crippen LogP contribution in [-0.2, 0) is 6.54 Å². The third kappa shape index (κ3) is 3.38. The number of benzene rings is 1. The summed E-state index contributed by atoms with van der Waals surface area (Å²) < 4.78 is 18.4. The Bertz CT molecular complexity index is 553. The number of hydrogen-bond donors (Lipinski definition) is 1. The Balaban J connectivity index is 2.14. The first kappa shape index (κ1) is 13.7. The Morgan fingerprint density at radius 3 is 2.95 bits per heavy atom. The smallest absolute Gasteiger partial charge is 0.240 e. The second kappa shape index (κ2) is 5.93. The Morgan fingerprint density at radius 1 is 1.42 bits per heavy atom. The summed E-state index contributed by atoms with van der Waals surface area (Å²) in [6, 6.07) is 4.94. The molecule has 0 fully saturated rings. The van der Waals surface area contributed by atoms with Gasteiger partial charge in [0.2, 0.25) is 11.7 Å². The van der Waals surface area contributed by atoms with Crippen molar-refractivity contribution < 1.29 is 8.91 Å². The molecule has 0 aliphatic carbocycles. The highest BCUT2D eigenvalue weighted by Crippen LogP contribution is 2.21. The topological polar surface area (TPSA) is 51.0 Å². The van der Waals surface area contributed by atoms with Gasteiger partial charge < -0.3 is 9.84 Å². The lowest BCUT2D eigenvalue weighted by molar-refractivity contribution is 0.358. The second-order valence-electron chi connectivity index (χ2n) is 4.66. The van der Waals surface area contributed by atoms with Crippen molar-refractivity contribution in [2.75, 3.05) is 0 Å². The summed E-state index contributed by atoms with van der Waals surface area (Å²) in [7, 11) is 0. The van der Waals surface area contributed by atoms with Crippen LogP contribution < -0.4 is 5.32 Å². The fraction of sp³-hybridized carbons (Fsp3) is 0.429. The van der Waals surface area contributed by atoms with Crippen molar-refractivity contribution in [3.8, 4) is 11.4 Å². The first-order chi connectivity index (χ1) is 9.10. The molecule has 0 spiro atoms. The van der Waals surface area contributed by atoms with E-state index in [4.69, 9.17) is 4.52 Å². The minimum atomic E-state index is -0.301. The molecule has 4 nitrogen and oxygen atoms in total. The average molecular weight is 263 g/mol. The van der Waals surface area contributed by atoms with Gasteiger partial charge in [0.25, 0.3) is 0 Å². The first-order valence-electron chi connectivity index (χ1n) is 6.42. The first-order valence-corrected chi connectivity index (χ1v) is 6.42. The van der Waals surface area contributed by atoms with E-state index in [1.165, 1.54) is 12.1 Å². The van der Waals surface area contributed by atoms with E-state index in [0.29, 0.717) is 29.9 Å². The van der Waals surface area contributed by atoms with Crippen molar-refractivity contribution >= 4 is 0 Å². The second-order valence-corrected chi connectivity index (χ2v) is 4.66. The highest BCUT2D eigenvalue weighted by Gasteiger charge is 2.12. The summed E-state index contributed by atoms with van der Waals surface area (Å²) in [6.07, 6.45) is 1.03. The number of hydrogen-bond acceptors (Lipinski definition) is 4. The zero-order valence-corrected chi connectivity index (χ0v) is 11.4. The predicted octanol–water partition coefficient (Wildman–Crippen LogP) is 3.07. The molecule has 1 atom stereocenters. The average Bonchev–Trinajstić information content (AvgIpc) is 2.87. The third-order valence-electron chi connectivity index (χ3n) is 3.12. The van der Waals surface area contributed by atoms with E-state index in [2.05, 4.69) is 29.3 Å². The zero-order chi connectivity index (χ0) is 13.8. The summed E-state index contributed by atoms with van der Waals surface area (Å²) in [5.41, 5.74) is 1.59. The monoisotopic (exact) mass is 263 g/mol. The highest BCUT2D eigenvalue weighted by atomic mass is 19.1. The largest absolute Gasteiger partial charge is 0.338 e. The standard InChI is InChI=1S/C14H18FN3O/c1-4-10(3)16-8-13-17-14(18-19-13)12-7-11(15)6-5-9(12)2/h5-7,10,16H,4,8H2,1-3H3. The molecular weight excluding hydrogens is 245 g/mol. The van der Waals surface area contributed by atoms with Crippen molar-refractivity contribution in [3.63, 3.8) is 0 Å². The fourth-order valence-corrected chi connectivity index (χ4v) is 1.68. The third-order valence-corrected chi connectivity index (χ3v) is 3.12. The molecule has 1 unspecified atom stereocenters. The van der Waals surface area contributed by atoms with Gasteiger partial charge >= 0.3 is 0 Å². The Morgan fingerprint density at radius 2 is 2.21 bits per heavy atom. The summed E-state index contributed by atoms with van der Waals surface area (Å²) in [5, 5.41) is 7.17. The van der Waals surface area contributed by atoms with E-state index in [1.807, 2.05) is 6.92 Å². The van der Waals surface area contributed by atoms with Crippen LogP contribution in [0.3, 0.4) is 0 Å². The molecule has 1 aromatic heterocycles. The van der Waals surface area contributed by atoms with Crippen LogP contribution in [0.15, 0.2) is 22.7 Å².